The van der Waals surface area contributed by atoms with Crippen LogP contribution >= 0.6 is 11.3 Å². The molecule has 0 aliphatic rings. The van der Waals surface area contributed by atoms with Gasteiger partial charge in [-0.3, -0.25) is 0 Å². The number of benzene rings is 9. The smallest absolute Gasteiger partial charge is 0.164 e. The summed E-state index contributed by atoms with van der Waals surface area (Å²) in [5.74, 6) is 0.315. The van der Waals surface area contributed by atoms with Crippen LogP contribution in [0.1, 0.15) is 0 Å². The highest BCUT2D eigenvalue weighted by molar-refractivity contribution is 7.28. The first-order chi connectivity index (χ1) is 37.8. The summed E-state index contributed by atoms with van der Waals surface area (Å²) in [6.07, 6.45) is 0. The van der Waals surface area contributed by atoms with Crippen LogP contribution in [0.3, 0.4) is 0 Å². The monoisotopic (exact) mass is 978 g/mol. The second kappa shape index (κ2) is 19.7. The maximum absolute atomic E-state index is 7.00. The van der Waals surface area contributed by atoms with Crippen molar-refractivity contribution in [2.75, 3.05) is 0 Å². The average molecular weight is 976 g/mol. The van der Waals surface area contributed by atoms with Crippen molar-refractivity contribution in [3.05, 3.63) is 115 Å². The van der Waals surface area contributed by atoms with Crippen LogP contribution in [-0.4, -0.2) is 153 Å². The van der Waals surface area contributed by atoms with E-state index in [-0.39, 0.29) is 133 Å². The van der Waals surface area contributed by atoms with Gasteiger partial charge in [0.15, 0.2) is 17.5 Å². The Hall–Kier alpha value is -6.89. The third kappa shape index (κ3) is 8.23. The highest BCUT2D eigenvalue weighted by atomic mass is 32.1. The Labute approximate surface area is 484 Å². The molecule has 0 aliphatic heterocycles. The summed E-state index contributed by atoms with van der Waals surface area (Å²) in [5.41, 5.74) is 9.53. The van der Waals surface area contributed by atoms with Crippen molar-refractivity contribution in [2.24, 2.45) is 0 Å². The zero-order chi connectivity index (χ0) is 55.8. The standard InChI is InChI=1S/C57H19B17N4S/c58-29-19-27(78-51-30(36(60)42(66)45(69)48(51)72)31-37(61)43(67)46(70)49(73)52(31)78)18-28(35(29)59)56-75-55(76-57(77-56)34-40(64)41(65)38(62)32-33-39(63)44(68)47(71)50(74)54(33)79-53(32)34)22-14-12-21(13-15-22)24-9-5-11-26(17-24)25-10-4-8-23(16-25)20-6-2-1-3-7-20/h1-19H. The third-order valence-corrected chi connectivity index (χ3v) is 16.0. The van der Waals surface area contributed by atoms with Crippen LogP contribution in [0, 0.1) is 0 Å². The van der Waals surface area contributed by atoms with E-state index in [1.807, 2.05) is 48.5 Å². The lowest BCUT2D eigenvalue weighted by Gasteiger charge is -2.20. The number of hydrogen-bond acceptors (Lipinski definition) is 4. The largest absolute Gasteiger partial charge is 0.311 e. The molecule has 0 bridgehead atoms. The van der Waals surface area contributed by atoms with E-state index < -0.39 is 0 Å². The van der Waals surface area contributed by atoms with Gasteiger partial charge >= 0.3 is 0 Å². The van der Waals surface area contributed by atoms with Gasteiger partial charge in [0.25, 0.3) is 0 Å². The van der Waals surface area contributed by atoms with Crippen LogP contribution in [-0.2, 0) is 0 Å². The molecule has 3 aromatic heterocycles. The van der Waals surface area contributed by atoms with Gasteiger partial charge in [-0.2, -0.15) is 0 Å². The van der Waals surface area contributed by atoms with Gasteiger partial charge in [0.2, 0.25) is 0 Å². The van der Waals surface area contributed by atoms with Crippen LogP contribution in [0.4, 0.5) is 0 Å². The summed E-state index contributed by atoms with van der Waals surface area (Å²) in [4.78, 5) is 15.3. The minimum Gasteiger partial charge on any atom is -0.311 e. The second-order valence-corrected chi connectivity index (χ2v) is 20.3. The van der Waals surface area contributed by atoms with Gasteiger partial charge in [0, 0.05) is 42.8 Å². The third-order valence-electron chi connectivity index (χ3n) is 14.8. The van der Waals surface area contributed by atoms with Crippen molar-refractivity contribution < 1.29 is 0 Å². The number of fused-ring (bicyclic) bond motifs is 6. The van der Waals surface area contributed by atoms with E-state index in [0.29, 0.717) is 42.2 Å². The van der Waals surface area contributed by atoms with E-state index in [1.54, 1.807) is 16.7 Å². The molecule has 0 spiro atoms. The zero-order valence-electron chi connectivity index (χ0n) is 42.0. The van der Waals surface area contributed by atoms with Gasteiger partial charge in [-0.1, -0.05) is 140 Å². The van der Waals surface area contributed by atoms with Gasteiger partial charge in [-0.05, 0) is 79.2 Å². The highest BCUT2D eigenvalue weighted by Crippen LogP contribution is 2.37. The lowest BCUT2D eigenvalue weighted by Crippen LogP contribution is -2.49. The molecule has 0 unspecified atom stereocenters. The summed E-state index contributed by atoms with van der Waals surface area (Å²) in [6.45, 7) is 0. The average Bonchev–Trinajstić information content (AvgIpc) is 4.06. The topological polar surface area (TPSA) is 43.6 Å². The van der Waals surface area contributed by atoms with E-state index in [9.17, 15) is 0 Å². The van der Waals surface area contributed by atoms with E-state index in [0.717, 1.165) is 33.4 Å². The Kier molecular flexibility index (Phi) is 13.2. The molecule has 0 aliphatic carbocycles. The molecule has 34 radical (unpaired) electrons. The van der Waals surface area contributed by atoms with Crippen LogP contribution in [0.25, 0.3) is 115 Å². The molecule has 0 atom stereocenters. The second-order valence-electron chi connectivity index (χ2n) is 19.3. The van der Waals surface area contributed by atoms with E-state index in [2.05, 4.69) is 54.6 Å². The molecule has 324 valence electrons. The molecule has 4 nitrogen and oxygen atoms in total. The van der Waals surface area contributed by atoms with Crippen molar-refractivity contribution in [2.45, 2.75) is 0 Å². The molecule has 79 heavy (non-hydrogen) atoms. The Balaban J connectivity index is 1.09. The lowest BCUT2D eigenvalue weighted by molar-refractivity contribution is 1.08. The first-order valence-corrected chi connectivity index (χ1v) is 25.2. The quantitative estimate of drug-likeness (QED) is 0.151. The molecule has 3 heterocycles. The van der Waals surface area contributed by atoms with Gasteiger partial charge in [-0.15, -0.1) is 55.0 Å². The fraction of sp³-hybridized carbons (Fsp3) is 0. The van der Waals surface area contributed by atoms with Gasteiger partial charge in [0.05, 0.1) is 0 Å². The molecule has 22 heteroatoms. The Morgan fingerprint density at radius 1 is 0.291 bits per heavy atom. The van der Waals surface area contributed by atoms with E-state index >= 15 is 0 Å². The summed E-state index contributed by atoms with van der Waals surface area (Å²) >= 11 is 1.22. The maximum atomic E-state index is 7.00. The molecule has 0 saturated carbocycles. The van der Waals surface area contributed by atoms with E-state index in [4.69, 9.17) is 148 Å². The molecule has 0 amide bonds. The Morgan fingerprint density at radius 2 is 0.696 bits per heavy atom. The Morgan fingerprint density at radius 3 is 1.24 bits per heavy atom. The minimum absolute atomic E-state index is 0.0108. The molecular formula is C57H19B17N4S. The zero-order valence-corrected chi connectivity index (χ0v) is 42.8. The van der Waals surface area contributed by atoms with Crippen molar-refractivity contribution in [3.8, 4) is 73.2 Å². The van der Waals surface area contributed by atoms with Crippen LogP contribution in [0.15, 0.2) is 115 Å². The van der Waals surface area contributed by atoms with Crippen LogP contribution < -0.4 is 92.9 Å². The van der Waals surface area contributed by atoms with Gasteiger partial charge < -0.3 is 4.57 Å². The van der Waals surface area contributed by atoms with Crippen molar-refractivity contribution in [1.29, 1.82) is 0 Å². The summed E-state index contributed by atoms with van der Waals surface area (Å²) in [5, 5.41) is 1.49. The molecule has 9 aromatic carbocycles. The molecule has 12 aromatic rings. The van der Waals surface area contributed by atoms with Crippen LogP contribution in [0.5, 0.6) is 0 Å². The number of hydrogen-bond donors (Lipinski definition) is 0. The van der Waals surface area contributed by atoms with Gasteiger partial charge in [-0.25, -0.2) is 15.0 Å². The molecule has 12 rings (SSSR count). The molecule has 0 N–H and O–H groups in total. The number of rotatable bonds is 7. The molecule has 0 saturated heterocycles. The van der Waals surface area contributed by atoms with Crippen molar-refractivity contribution in [1.82, 2.24) is 19.5 Å². The highest BCUT2D eigenvalue weighted by Gasteiger charge is 2.27. The summed E-state index contributed by atoms with van der Waals surface area (Å²) in [6, 6.07) is 38.1. The summed E-state index contributed by atoms with van der Waals surface area (Å²) < 4.78 is 2.64. The fourth-order valence-corrected chi connectivity index (χ4v) is 11.9. The van der Waals surface area contributed by atoms with Crippen molar-refractivity contribution in [3.63, 3.8) is 0 Å². The SMILES string of the molecule is [B]c1cc(-n2c3c([B])c([B])c([B])c([B])c3c3c([B])c([B])c([B])c([B])c32)cc(-c2nc(-c3ccc(-c4cccc(-c5cccc(-c6ccccc6)c5)c4)cc3)nc(-c3c([B])c([B])c([B])c4c3sc3c([B])c([B])c([B])c([B])c34)n2)c1[B]. The number of thiophene rings is 1. The fourth-order valence-electron chi connectivity index (χ4n) is 10.5. The number of aromatic nitrogens is 4. The van der Waals surface area contributed by atoms with E-state index in [1.165, 1.54) is 11.3 Å². The first-order valence-electron chi connectivity index (χ1n) is 24.4. The minimum atomic E-state index is 0.0108. The predicted molar refractivity (Wildman–Crippen MR) is 351 cm³/mol. The summed E-state index contributed by atoms with van der Waals surface area (Å²) in [7, 11) is 114. The Bertz CT molecular complexity index is 4560. The normalized spacial score (nSPS) is 11.6. The lowest BCUT2D eigenvalue weighted by atomic mass is 9.63. The van der Waals surface area contributed by atoms with Crippen molar-refractivity contribution >= 4 is 280 Å². The maximum Gasteiger partial charge on any atom is 0.164 e. The van der Waals surface area contributed by atoms with Crippen LogP contribution in [0.2, 0.25) is 0 Å². The van der Waals surface area contributed by atoms with Gasteiger partial charge in [0.1, 0.15) is 133 Å². The number of nitrogens with zero attached hydrogens (tertiary/aromatic N) is 4. The molecular weight excluding hydrogens is 957 g/mol. The first kappa shape index (κ1) is 52.8. The molecule has 0 fully saturated rings. The predicted octanol–water partition coefficient (Wildman–Crippen LogP) is -5.17.